The first-order valence-electron chi connectivity index (χ1n) is 9.22. The van der Waals surface area contributed by atoms with Gasteiger partial charge < -0.3 is 19.3 Å². The van der Waals surface area contributed by atoms with E-state index in [2.05, 4.69) is 0 Å². The smallest absolute Gasteiger partial charge is 0.326 e. The Morgan fingerprint density at radius 3 is 2.10 bits per heavy atom. The molecule has 0 bridgehead atoms. The van der Waals surface area contributed by atoms with Crippen LogP contribution in [0.15, 0.2) is 0 Å². The summed E-state index contributed by atoms with van der Waals surface area (Å²) >= 11 is 1.02. The molecule has 0 heterocycles. The van der Waals surface area contributed by atoms with Crippen molar-refractivity contribution in [3.05, 3.63) is 0 Å². The molecule has 0 saturated carbocycles. The first-order valence-corrected chi connectivity index (χ1v) is 10.2. The number of carbonyl (C=O) groups is 5. The summed E-state index contributed by atoms with van der Waals surface area (Å²) in [6, 6.07) is 0. The number of ether oxygens (including phenoxy) is 2. The van der Waals surface area contributed by atoms with Crippen LogP contribution in [-0.4, -0.2) is 83.8 Å². The van der Waals surface area contributed by atoms with Gasteiger partial charge in [-0.05, 0) is 20.8 Å². The monoisotopic (exact) mass is 432 g/mol. The summed E-state index contributed by atoms with van der Waals surface area (Å²) in [5.74, 6) is -2.27. The maximum Gasteiger partial charge on any atom is 0.326 e. The van der Waals surface area contributed by atoms with Crippen LogP contribution in [0.4, 0.5) is 0 Å². The lowest BCUT2D eigenvalue weighted by Crippen LogP contribution is -2.43. The molecule has 10 heteroatoms. The van der Waals surface area contributed by atoms with Crippen LogP contribution in [0.1, 0.15) is 41.0 Å². The van der Waals surface area contributed by atoms with Crippen LogP contribution in [0, 0.1) is 5.92 Å². The van der Waals surface area contributed by atoms with Gasteiger partial charge in [0.15, 0.2) is 11.7 Å². The zero-order valence-electron chi connectivity index (χ0n) is 18.3. The van der Waals surface area contributed by atoms with Gasteiger partial charge in [-0.15, -0.1) is 0 Å². The SMILES string of the molecule is CC(=O)SCC(C)C(=O)N(CCC(=O)OCC(=O)N(C)C)CC(=O)OC(C)(C)C. The Bertz CT molecular complexity index is 614. The largest absolute Gasteiger partial charge is 0.459 e. The Hall–Kier alpha value is -2.10. The van der Waals surface area contributed by atoms with E-state index in [0.29, 0.717) is 0 Å². The molecule has 166 valence electrons. The second-order valence-electron chi connectivity index (χ2n) is 7.75. The van der Waals surface area contributed by atoms with E-state index in [9.17, 15) is 24.0 Å². The zero-order valence-corrected chi connectivity index (χ0v) is 19.1. The number of esters is 2. The summed E-state index contributed by atoms with van der Waals surface area (Å²) in [5.41, 5.74) is -0.715. The number of hydrogen-bond acceptors (Lipinski definition) is 8. The maximum absolute atomic E-state index is 12.7. The van der Waals surface area contributed by atoms with Crippen molar-refractivity contribution in [1.82, 2.24) is 9.80 Å². The molecule has 1 atom stereocenters. The molecule has 0 aromatic carbocycles. The van der Waals surface area contributed by atoms with Gasteiger partial charge >= 0.3 is 11.9 Å². The number of thioether (sulfide) groups is 1. The number of carbonyl (C=O) groups excluding carboxylic acids is 5. The third-order valence-corrected chi connectivity index (χ3v) is 4.52. The van der Waals surface area contributed by atoms with Gasteiger partial charge in [0, 0.05) is 39.2 Å². The van der Waals surface area contributed by atoms with E-state index in [1.807, 2.05) is 0 Å². The molecular formula is C19H32N2O7S. The maximum atomic E-state index is 12.7. The van der Waals surface area contributed by atoms with E-state index >= 15 is 0 Å². The van der Waals surface area contributed by atoms with Gasteiger partial charge in [0.25, 0.3) is 5.91 Å². The Morgan fingerprint density at radius 2 is 1.62 bits per heavy atom. The molecule has 0 aliphatic rings. The lowest BCUT2D eigenvalue weighted by atomic mass is 10.1. The third kappa shape index (κ3) is 12.9. The van der Waals surface area contributed by atoms with Crippen molar-refractivity contribution in [1.29, 1.82) is 0 Å². The first-order chi connectivity index (χ1) is 13.2. The number of rotatable bonds is 10. The molecule has 0 aromatic heterocycles. The normalized spacial score (nSPS) is 12.0. The van der Waals surface area contributed by atoms with Crippen LogP contribution >= 0.6 is 11.8 Å². The predicted octanol–water partition coefficient (Wildman–Crippen LogP) is 1.09. The second-order valence-corrected chi connectivity index (χ2v) is 8.95. The van der Waals surface area contributed by atoms with Crippen molar-refractivity contribution < 1.29 is 33.4 Å². The highest BCUT2D eigenvalue weighted by Crippen LogP contribution is 2.14. The van der Waals surface area contributed by atoms with Crippen molar-refractivity contribution in [2.45, 2.75) is 46.6 Å². The molecule has 0 aromatic rings. The van der Waals surface area contributed by atoms with E-state index < -0.39 is 30.1 Å². The molecule has 0 rings (SSSR count). The fourth-order valence-corrected chi connectivity index (χ4v) is 2.62. The van der Waals surface area contributed by atoms with Crippen molar-refractivity contribution >= 4 is 40.6 Å². The van der Waals surface area contributed by atoms with Crippen LogP contribution in [0.5, 0.6) is 0 Å². The van der Waals surface area contributed by atoms with Gasteiger partial charge in [-0.3, -0.25) is 24.0 Å². The Labute approximate surface area is 176 Å². The average molecular weight is 433 g/mol. The molecule has 1 unspecified atom stereocenters. The lowest BCUT2D eigenvalue weighted by molar-refractivity contribution is -0.160. The van der Waals surface area contributed by atoms with Gasteiger partial charge in [0.1, 0.15) is 12.1 Å². The van der Waals surface area contributed by atoms with E-state index in [0.717, 1.165) is 11.8 Å². The van der Waals surface area contributed by atoms with Gasteiger partial charge in [-0.2, -0.15) is 0 Å². The molecule has 0 N–H and O–H groups in total. The quantitative estimate of drug-likeness (QED) is 0.472. The van der Waals surface area contributed by atoms with Crippen molar-refractivity contribution in [3.8, 4) is 0 Å². The summed E-state index contributed by atoms with van der Waals surface area (Å²) in [5, 5.41) is -0.113. The van der Waals surface area contributed by atoms with Crippen molar-refractivity contribution in [3.63, 3.8) is 0 Å². The number of nitrogens with zero attached hydrogens (tertiary/aromatic N) is 2. The highest BCUT2D eigenvalue weighted by molar-refractivity contribution is 8.13. The summed E-state index contributed by atoms with van der Waals surface area (Å²) in [4.78, 5) is 61.9. The van der Waals surface area contributed by atoms with Crippen LogP contribution in [0.2, 0.25) is 0 Å². The summed E-state index contributed by atoms with van der Waals surface area (Å²) in [7, 11) is 3.08. The van der Waals surface area contributed by atoms with Crippen LogP contribution in [0.25, 0.3) is 0 Å². The zero-order chi connectivity index (χ0) is 22.8. The number of likely N-dealkylation sites (N-methyl/N-ethyl adjacent to an activating group) is 1. The second kappa shape index (κ2) is 12.5. The summed E-state index contributed by atoms with van der Waals surface area (Å²) in [6.45, 7) is 7.40. The van der Waals surface area contributed by atoms with E-state index in [1.165, 1.54) is 30.8 Å². The van der Waals surface area contributed by atoms with Gasteiger partial charge in [-0.1, -0.05) is 18.7 Å². The first kappa shape index (κ1) is 26.9. The molecule has 2 amide bonds. The van der Waals surface area contributed by atoms with Crippen molar-refractivity contribution in [2.75, 3.05) is 39.5 Å². The van der Waals surface area contributed by atoms with Crippen LogP contribution in [0.3, 0.4) is 0 Å². The molecular weight excluding hydrogens is 400 g/mol. The molecule has 29 heavy (non-hydrogen) atoms. The predicted molar refractivity (Wildman–Crippen MR) is 109 cm³/mol. The van der Waals surface area contributed by atoms with E-state index in [-0.39, 0.29) is 42.2 Å². The van der Waals surface area contributed by atoms with Gasteiger partial charge in [0.05, 0.1) is 6.42 Å². The minimum absolute atomic E-state index is 0.0673. The molecule has 0 fully saturated rings. The highest BCUT2D eigenvalue weighted by atomic mass is 32.2. The van der Waals surface area contributed by atoms with E-state index in [1.54, 1.807) is 27.7 Å². The average Bonchev–Trinajstić information content (AvgIpc) is 2.58. The molecule has 0 saturated heterocycles. The summed E-state index contributed by atoms with van der Waals surface area (Å²) < 4.78 is 10.1. The lowest BCUT2D eigenvalue weighted by Gasteiger charge is -2.27. The molecule has 0 spiro atoms. The standard InChI is InChI=1S/C19H32N2O7S/c1-13(12-29-14(2)22)18(26)21(10-17(25)28-19(3,4)5)9-8-16(24)27-11-15(23)20(6)7/h13H,8-12H2,1-7H3. The molecule has 0 aliphatic heterocycles. The molecule has 9 nitrogen and oxygen atoms in total. The highest BCUT2D eigenvalue weighted by Gasteiger charge is 2.26. The fraction of sp³-hybridized carbons (Fsp3) is 0.737. The Balaban J connectivity index is 4.96. The molecule has 0 aliphatic carbocycles. The van der Waals surface area contributed by atoms with E-state index in [4.69, 9.17) is 9.47 Å². The Morgan fingerprint density at radius 1 is 1.03 bits per heavy atom. The van der Waals surface area contributed by atoms with Crippen LogP contribution < -0.4 is 0 Å². The minimum Gasteiger partial charge on any atom is -0.459 e. The number of hydrogen-bond donors (Lipinski definition) is 0. The van der Waals surface area contributed by atoms with Gasteiger partial charge in [-0.25, -0.2) is 0 Å². The molecule has 0 radical (unpaired) electrons. The minimum atomic E-state index is -0.715. The van der Waals surface area contributed by atoms with Gasteiger partial charge in [0.2, 0.25) is 5.91 Å². The Kier molecular flexibility index (Phi) is 11.6. The topological polar surface area (TPSA) is 110 Å². The number of amides is 2. The van der Waals surface area contributed by atoms with Crippen LogP contribution in [-0.2, 0) is 33.4 Å². The van der Waals surface area contributed by atoms with Crippen molar-refractivity contribution in [2.24, 2.45) is 5.92 Å². The third-order valence-electron chi connectivity index (χ3n) is 3.45. The summed E-state index contributed by atoms with van der Waals surface area (Å²) in [6.07, 6.45) is -0.179. The fourth-order valence-electron chi connectivity index (χ4n) is 1.99.